The van der Waals surface area contributed by atoms with Crippen molar-refractivity contribution in [3.63, 3.8) is 0 Å². The summed E-state index contributed by atoms with van der Waals surface area (Å²) >= 11 is 0. The maximum atomic E-state index is 14.0. The van der Waals surface area contributed by atoms with Gasteiger partial charge in [-0.2, -0.15) is 0 Å². The first-order valence-corrected chi connectivity index (χ1v) is 9.79. The molecular formula is C22H23F2N5O. The zero-order chi connectivity index (χ0) is 20.9. The van der Waals surface area contributed by atoms with Crippen molar-refractivity contribution in [3.05, 3.63) is 72.1 Å². The summed E-state index contributed by atoms with van der Waals surface area (Å²) in [6.07, 6.45) is 1.63. The molecule has 6 nitrogen and oxygen atoms in total. The van der Waals surface area contributed by atoms with Crippen LogP contribution in [-0.4, -0.2) is 49.1 Å². The first-order chi connectivity index (χ1) is 14.6. The summed E-state index contributed by atoms with van der Waals surface area (Å²) in [6, 6.07) is 13.3. The summed E-state index contributed by atoms with van der Waals surface area (Å²) in [7, 11) is 1.72. The molecule has 2 heterocycles. The molecule has 0 amide bonds. The third kappa shape index (κ3) is 4.42. The van der Waals surface area contributed by atoms with Crippen molar-refractivity contribution in [3.8, 4) is 11.5 Å². The van der Waals surface area contributed by atoms with Crippen LogP contribution in [0, 0.1) is 11.6 Å². The molecule has 1 saturated heterocycles. The normalized spacial score (nSPS) is 14.8. The Morgan fingerprint density at radius 1 is 1.10 bits per heavy atom. The molecule has 2 aromatic carbocycles. The monoisotopic (exact) mass is 411 g/mol. The highest BCUT2D eigenvalue weighted by Crippen LogP contribution is 2.22. The largest absolute Gasteiger partial charge is 0.444 e. The molecule has 0 spiro atoms. The van der Waals surface area contributed by atoms with Gasteiger partial charge in [-0.05, 0) is 24.3 Å². The van der Waals surface area contributed by atoms with Crippen LogP contribution in [0.15, 0.2) is 64.2 Å². The van der Waals surface area contributed by atoms with Gasteiger partial charge in [0, 0.05) is 44.9 Å². The first kappa shape index (κ1) is 19.9. The van der Waals surface area contributed by atoms with E-state index in [1.165, 1.54) is 12.1 Å². The SMILES string of the molecule is CN=C(NCc1coc(-c2ccccc2)n1)N1CCN(c2cc(F)ccc2F)CC1. The van der Waals surface area contributed by atoms with Gasteiger partial charge in [-0.25, -0.2) is 13.8 Å². The van der Waals surface area contributed by atoms with Crippen molar-refractivity contribution in [2.45, 2.75) is 6.54 Å². The maximum absolute atomic E-state index is 14.0. The predicted octanol–water partition coefficient (Wildman–Crippen LogP) is 3.52. The molecule has 1 N–H and O–H groups in total. The quantitative estimate of drug-likeness (QED) is 0.526. The van der Waals surface area contributed by atoms with Crippen molar-refractivity contribution in [2.75, 3.05) is 38.1 Å². The molecule has 1 aliphatic rings. The van der Waals surface area contributed by atoms with E-state index in [1.807, 2.05) is 35.2 Å². The van der Waals surface area contributed by atoms with Gasteiger partial charge < -0.3 is 19.5 Å². The average Bonchev–Trinajstić information content (AvgIpc) is 3.26. The Morgan fingerprint density at radius 2 is 1.87 bits per heavy atom. The standard InChI is InChI=1S/C22H23F2N5O/c1-25-22(26-14-18-15-30-21(27-18)16-5-3-2-4-6-16)29-11-9-28(10-12-29)20-13-17(23)7-8-19(20)24/h2-8,13,15H,9-12,14H2,1H3,(H,25,26). The van der Waals surface area contributed by atoms with Gasteiger partial charge in [-0.15, -0.1) is 0 Å². The average molecular weight is 411 g/mol. The molecule has 0 aliphatic carbocycles. The summed E-state index contributed by atoms with van der Waals surface area (Å²) in [5.41, 5.74) is 2.00. The van der Waals surface area contributed by atoms with Gasteiger partial charge in [-0.1, -0.05) is 18.2 Å². The van der Waals surface area contributed by atoms with Gasteiger partial charge in [0.25, 0.3) is 0 Å². The van der Waals surface area contributed by atoms with Gasteiger partial charge in [0.1, 0.15) is 17.9 Å². The molecule has 0 saturated carbocycles. The summed E-state index contributed by atoms with van der Waals surface area (Å²) in [4.78, 5) is 12.8. The van der Waals surface area contributed by atoms with Gasteiger partial charge in [-0.3, -0.25) is 4.99 Å². The van der Waals surface area contributed by atoms with Crippen molar-refractivity contribution < 1.29 is 13.2 Å². The predicted molar refractivity (Wildman–Crippen MR) is 112 cm³/mol. The van der Waals surface area contributed by atoms with Crippen LogP contribution in [0.4, 0.5) is 14.5 Å². The van der Waals surface area contributed by atoms with Crippen LogP contribution in [0.2, 0.25) is 0 Å². The van der Waals surface area contributed by atoms with Gasteiger partial charge >= 0.3 is 0 Å². The Kier molecular flexibility index (Phi) is 5.92. The number of nitrogens with zero attached hydrogens (tertiary/aromatic N) is 4. The Hall–Kier alpha value is -3.42. The van der Waals surface area contributed by atoms with E-state index in [9.17, 15) is 8.78 Å². The highest BCUT2D eigenvalue weighted by molar-refractivity contribution is 5.80. The molecule has 30 heavy (non-hydrogen) atoms. The van der Waals surface area contributed by atoms with E-state index >= 15 is 0 Å². The molecular weight excluding hydrogens is 388 g/mol. The molecule has 0 bridgehead atoms. The number of hydrogen-bond acceptors (Lipinski definition) is 4. The van der Waals surface area contributed by atoms with E-state index in [4.69, 9.17) is 4.42 Å². The number of oxazole rings is 1. The molecule has 3 aromatic rings. The molecule has 0 atom stereocenters. The topological polar surface area (TPSA) is 56.9 Å². The third-order valence-electron chi connectivity index (χ3n) is 5.04. The van der Waals surface area contributed by atoms with E-state index in [0.717, 1.165) is 23.3 Å². The first-order valence-electron chi connectivity index (χ1n) is 9.79. The number of anilines is 1. The van der Waals surface area contributed by atoms with Crippen molar-refractivity contribution in [1.29, 1.82) is 0 Å². The molecule has 4 rings (SSSR count). The fourth-order valence-corrected chi connectivity index (χ4v) is 3.49. The second-order valence-electron chi connectivity index (χ2n) is 6.98. The van der Waals surface area contributed by atoms with Crippen molar-refractivity contribution >= 4 is 11.6 Å². The van der Waals surface area contributed by atoms with Crippen LogP contribution in [0.1, 0.15) is 5.69 Å². The zero-order valence-electron chi connectivity index (χ0n) is 16.7. The van der Waals surface area contributed by atoms with E-state index in [0.29, 0.717) is 44.3 Å². The fourth-order valence-electron chi connectivity index (χ4n) is 3.49. The van der Waals surface area contributed by atoms with Crippen molar-refractivity contribution in [2.24, 2.45) is 4.99 Å². The molecule has 1 aromatic heterocycles. The Morgan fingerprint density at radius 3 is 2.60 bits per heavy atom. The smallest absolute Gasteiger partial charge is 0.226 e. The number of aromatic nitrogens is 1. The van der Waals surface area contributed by atoms with Crippen LogP contribution in [0.5, 0.6) is 0 Å². The molecule has 0 radical (unpaired) electrons. The number of aliphatic imine (C=N–C) groups is 1. The zero-order valence-corrected chi connectivity index (χ0v) is 16.7. The second kappa shape index (κ2) is 8.94. The minimum absolute atomic E-state index is 0.300. The minimum Gasteiger partial charge on any atom is -0.444 e. The number of hydrogen-bond donors (Lipinski definition) is 1. The second-order valence-corrected chi connectivity index (χ2v) is 6.98. The number of piperazine rings is 1. The fraction of sp³-hybridized carbons (Fsp3) is 0.273. The van der Waals surface area contributed by atoms with Crippen molar-refractivity contribution in [1.82, 2.24) is 15.2 Å². The number of rotatable bonds is 4. The minimum atomic E-state index is -0.436. The third-order valence-corrected chi connectivity index (χ3v) is 5.04. The summed E-state index contributed by atoms with van der Waals surface area (Å²) in [5, 5.41) is 3.30. The molecule has 8 heteroatoms. The number of halogens is 2. The lowest BCUT2D eigenvalue weighted by Crippen LogP contribution is -2.52. The highest BCUT2D eigenvalue weighted by atomic mass is 19.1. The van der Waals surface area contributed by atoms with E-state index < -0.39 is 11.6 Å². The lowest BCUT2D eigenvalue weighted by molar-refractivity contribution is 0.370. The number of nitrogens with one attached hydrogen (secondary N) is 1. The van der Waals surface area contributed by atoms with Crippen LogP contribution < -0.4 is 10.2 Å². The number of benzene rings is 2. The maximum Gasteiger partial charge on any atom is 0.226 e. The summed E-state index contributed by atoms with van der Waals surface area (Å²) < 4.78 is 33.1. The van der Waals surface area contributed by atoms with Gasteiger partial charge in [0.05, 0.1) is 17.9 Å². The Labute approximate surface area is 173 Å². The van der Waals surface area contributed by atoms with Gasteiger partial charge in [0.15, 0.2) is 5.96 Å². The summed E-state index contributed by atoms with van der Waals surface area (Å²) in [6.45, 7) is 2.90. The van der Waals surface area contributed by atoms with E-state index in [1.54, 1.807) is 13.3 Å². The lowest BCUT2D eigenvalue weighted by Gasteiger charge is -2.37. The number of guanidine groups is 1. The van der Waals surface area contributed by atoms with E-state index in [2.05, 4.69) is 20.2 Å². The molecule has 1 aliphatic heterocycles. The highest BCUT2D eigenvalue weighted by Gasteiger charge is 2.22. The van der Waals surface area contributed by atoms with Crippen LogP contribution in [-0.2, 0) is 6.54 Å². The Bertz CT molecular complexity index is 1010. The molecule has 156 valence electrons. The Balaban J connectivity index is 1.33. The van der Waals surface area contributed by atoms with Crippen LogP contribution >= 0.6 is 0 Å². The molecule has 1 fully saturated rings. The van der Waals surface area contributed by atoms with Crippen LogP contribution in [0.3, 0.4) is 0 Å². The molecule has 0 unspecified atom stereocenters. The van der Waals surface area contributed by atoms with Crippen LogP contribution in [0.25, 0.3) is 11.5 Å². The van der Waals surface area contributed by atoms with Gasteiger partial charge in [0.2, 0.25) is 5.89 Å². The van der Waals surface area contributed by atoms with E-state index in [-0.39, 0.29) is 0 Å². The lowest BCUT2D eigenvalue weighted by atomic mass is 10.2. The summed E-state index contributed by atoms with van der Waals surface area (Å²) in [5.74, 6) is 0.466.